The summed E-state index contributed by atoms with van der Waals surface area (Å²) in [5.41, 5.74) is 0.0444. The molecule has 2 aliphatic rings. The largest absolute Gasteiger partial charge is 0.480 e. The van der Waals surface area contributed by atoms with Crippen molar-refractivity contribution >= 4 is 12.0 Å². The maximum absolute atomic E-state index is 12.5. The average Bonchev–Trinajstić information content (AvgIpc) is 2.63. The van der Waals surface area contributed by atoms with Gasteiger partial charge in [-0.25, -0.2) is 4.79 Å². The number of likely N-dealkylation sites (tertiary alicyclic amines) is 1. The second-order valence-corrected chi connectivity index (χ2v) is 7.61. The number of hydrogen-bond acceptors (Lipinski definition) is 4. The normalized spacial score (nSPS) is 24.3. The van der Waals surface area contributed by atoms with Crippen LogP contribution in [0.2, 0.25) is 0 Å². The van der Waals surface area contributed by atoms with Crippen molar-refractivity contribution in [1.82, 2.24) is 15.1 Å². The number of piperidine rings is 1. The molecule has 1 aromatic rings. The number of nitrogens with one attached hydrogen (secondary N) is 1. The van der Waals surface area contributed by atoms with E-state index in [1.54, 1.807) is 4.90 Å². The van der Waals surface area contributed by atoms with Crippen LogP contribution in [0.15, 0.2) is 30.3 Å². The van der Waals surface area contributed by atoms with Crippen LogP contribution in [0.4, 0.5) is 4.79 Å². The number of likely N-dealkylation sites (N-methyl/N-ethyl adjacent to an activating group) is 1. The van der Waals surface area contributed by atoms with E-state index >= 15 is 0 Å². The Kier molecular flexibility index (Phi) is 6.01. The Hall–Kier alpha value is -2.12. The van der Waals surface area contributed by atoms with E-state index in [0.717, 1.165) is 18.4 Å². The Morgan fingerprint density at radius 2 is 1.85 bits per heavy atom. The number of carbonyl (C=O) groups is 2. The van der Waals surface area contributed by atoms with E-state index in [-0.39, 0.29) is 24.7 Å². The summed E-state index contributed by atoms with van der Waals surface area (Å²) < 4.78 is 0. The molecular formula is C20H29N3O4. The van der Waals surface area contributed by atoms with E-state index in [1.807, 2.05) is 42.2 Å². The maximum Gasteiger partial charge on any atom is 0.317 e. The second kappa shape index (κ2) is 8.27. The molecule has 1 saturated carbocycles. The molecular weight excluding hydrogens is 346 g/mol. The third kappa shape index (κ3) is 4.59. The maximum atomic E-state index is 12.5. The van der Waals surface area contributed by atoms with Crippen molar-refractivity contribution in [2.45, 2.75) is 50.3 Å². The highest BCUT2D eigenvalue weighted by Gasteiger charge is 2.38. The van der Waals surface area contributed by atoms with Gasteiger partial charge in [0, 0.05) is 25.2 Å². The van der Waals surface area contributed by atoms with Crippen molar-refractivity contribution < 1.29 is 19.8 Å². The topological polar surface area (TPSA) is 93.1 Å². The molecule has 1 heterocycles. The minimum atomic E-state index is -0.863. The lowest BCUT2D eigenvalue weighted by atomic mass is 9.84. The van der Waals surface area contributed by atoms with E-state index in [9.17, 15) is 14.7 Å². The highest BCUT2D eigenvalue weighted by Crippen LogP contribution is 2.33. The van der Waals surface area contributed by atoms with Gasteiger partial charge < -0.3 is 20.4 Å². The smallest absolute Gasteiger partial charge is 0.317 e. The molecule has 3 rings (SSSR count). The van der Waals surface area contributed by atoms with Crippen LogP contribution >= 0.6 is 0 Å². The summed E-state index contributed by atoms with van der Waals surface area (Å²) in [6, 6.07) is 9.86. The fourth-order valence-electron chi connectivity index (χ4n) is 4.06. The molecule has 0 bridgehead atoms. The number of aliphatic carboxylic acids is 1. The minimum Gasteiger partial charge on any atom is -0.480 e. The third-order valence-corrected chi connectivity index (χ3v) is 5.89. The quantitative estimate of drug-likeness (QED) is 0.703. The molecule has 7 nitrogen and oxygen atoms in total. The van der Waals surface area contributed by atoms with Gasteiger partial charge in [-0.1, -0.05) is 37.3 Å². The van der Waals surface area contributed by atoms with Crippen molar-refractivity contribution in [3.8, 4) is 0 Å². The van der Waals surface area contributed by atoms with Gasteiger partial charge in [-0.3, -0.25) is 9.69 Å². The monoisotopic (exact) mass is 375 g/mol. The van der Waals surface area contributed by atoms with Gasteiger partial charge in [0.15, 0.2) is 0 Å². The summed E-state index contributed by atoms with van der Waals surface area (Å²) in [6.07, 6.45) is 2.63. The molecule has 27 heavy (non-hydrogen) atoms. The average molecular weight is 375 g/mol. The summed E-state index contributed by atoms with van der Waals surface area (Å²) >= 11 is 0. The Balaban J connectivity index is 1.44. The molecule has 0 spiro atoms. The molecule has 2 amide bonds. The highest BCUT2D eigenvalue weighted by atomic mass is 16.4. The number of aliphatic hydroxyl groups is 1. The first-order valence-corrected chi connectivity index (χ1v) is 9.70. The fraction of sp³-hybridized carbons (Fsp3) is 0.600. The molecule has 0 atom stereocenters. The Bertz CT molecular complexity index is 652. The van der Waals surface area contributed by atoms with Gasteiger partial charge in [-0.05, 0) is 37.8 Å². The second-order valence-electron chi connectivity index (χ2n) is 7.61. The van der Waals surface area contributed by atoms with Crippen LogP contribution in [0.1, 0.15) is 38.2 Å². The van der Waals surface area contributed by atoms with Crippen molar-refractivity contribution in [2.24, 2.45) is 0 Å². The van der Waals surface area contributed by atoms with E-state index < -0.39 is 11.6 Å². The van der Waals surface area contributed by atoms with Crippen LogP contribution in [0.25, 0.3) is 0 Å². The number of benzene rings is 1. The van der Waals surface area contributed by atoms with Crippen LogP contribution in [0, 0.1) is 0 Å². The number of carbonyl (C=O) groups excluding carboxylic acids is 1. The van der Waals surface area contributed by atoms with Crippen molar-refractivity contribution in [2.75, 3.05) is 26.2 Å². The molecule has 7 heteroatoms. The molecule has 3 N–H and O–H groups in total. The van der Waals surface area contributed by atoms with E-state index in [2.05, 4.69) is 5.32 Å². The summed E-state index contributed by atoms with van der Waals surface area (Å²) in [5.74, 6) is -0.816. The number of carboxylic acid groups (broad SMARTS) is 1. The van der Waals surface area contributed by atoms with E-state index in [0.29, 0.717) is 32.5 Å². The molecule has 0 aromatic heterocycles. The number of rotatable bonds is 6. The lowest BCUT2D eigenvalue weighted by molar-refractivity contribution is -0.139. The first-order valence-electron chi connectivity index (χ1n) is 9.70. The van der Waals surface area contributed by atoms with Gasteiger partial charge in [-0.2, -0.15) is 0 Å². The zero-order valence-electron chi connectivity index (χ0n) is 15.8. The zero-order valence-corrected chi connectivity index (χ0v) is 15.8. The van der Waals surface area contributed by atoms with Crippen molar-refractivity contribution in [3.63, 3.8) is 0 Å². The van der Waals surface area contributed by atoms with Crippen LogP contribution in [-0.4, -0.2) is 70.3 Å². The molecule has 0 unspecified atom stereocenters. The van der Waals surface area contributed by atoms with Crippen LogP contribution in [-0.2, 0) is 10.4 Å². The summed E-state index contributed by atoms with van der Waals surface area (Å²) in [6.45, 7) is 3.74. The number of amides is 2. The molecule has 1 saturated heterocycles. The van der Waals surface area contributed by atoms with Crippen molar-refractivity contribution in [1.29, 1.82) is 0 Å². The molecule has 1 aliphatic carbocycles. The predicted octanol–water partition coefficient (Wildman–Crippen LogP) is 1.62. The van der Waals surface area contributed by atoms with Crippen LogP contribution in [0.3, 0.4) is 0 Å². The van der Waals surface area contributed by atoms with Crippen LogP contribution < -0.4 is 5.32 Å². The summed E-state index contributed by atoms with van der Waals surface area (Å²) in [4.78, 5) is 27.1. The molecule has 148 valence electrons. The number of carboxylic acids is 1. The molecule has 1 aromatic carbocycles. The Labute approximate surface area is 160 Å². The zero-order chi connectivity index (χ0) is 19.4. The first kappa shape index (κ1) is 19.6. The highest BCUT2D eigenvalue weighted by molar-refractivity contribution is 5.75. The molecule has 0 radical (unpaired) electrons. The predicted molar refractivity (Wildman–Crippen MR) is 101 cm³/mol. The number of hydrogen-bond donors (Lipinski definition) is 3. The first-order chi connectivity index (χ1) is 12.9. The van der Waals surface area contributed by atoms with Gasteiger partial charge in [0.05, 0.1) is 12.1 Å². The van der Waals surface area contributed by atoms with Gasteiger partial charge >= 0.3 is 12.0 Å². The Morgan fingerprint density at radius 1 is 1.22 bits per heavy atom. The van der Waals surface area contributed by atoms with E-state index in [1.165, 1.54) is 0 Å². The number of urea groups is 1. The fourth-order valence-corrected chi connectivity index (χ4v) is 4.06. The SMILES string of the molecule is CCN(CC(=O)O)C1CC(NC(=O)N2CCC(O)(c3ccccc3)CC2)C1. The molecule has 2 fully saturated rings. The minimum absolute atomic E-state index is 0.0476. The van der Waals surface area contributed by atoms with Gasteiger partial charge in [0.25, 0.3) is 0 Å². The van der Waals surface area contributed by atoms with Gasteiger partial charge in [0.1, 0.15) is 0 Å². The van der Waals surface area contributed by atoms with Crippen LogP contribution in [0.5, 0.6) is 0 Å². The van der Waals surface area contributed by atoms with Gasteiger partial charge in [0.2, 0.25) is 0 Å². The van der Waals surface area contributed by atoms with Crippen molar-refractivity contribution in [3.05, 3.63) is 35.9 Å². The van der Waals surface area contributed by atoms with Gasteiger partial charge in [-0.15, -0.1) is 0 Å². The standard InChI is InChI=1S/C20H29N3O4/c1-2-22(14-18(24)25)17-12-16(13-17)21-19(26)23-10-8-20(27,9-11-23)15-6-4-3-5-7-15/h3-7,16-17,27H,2,8-14H2,1H3,(H,21,26)(H,24,25). The summed E-state index contributed by atoms with van der Waals surface area (Å²) in [7, 11) is 0. The van der Waals surface area contributed by atoms with E-state index in [4.69, 9.17) is 5.11 Å². The summed E-state index contributed by atoms with van der Waals surface area (Å²) in [5, 5.41) is 22.9. The lowest BCUT2D eigenvalue weighted by Gasteiger charge is -2.44. The molecule has 1 aliphatic heterocycles. The lowest BCUT2D eigenvalue weighted by Crippen LogP contribution is -2.58. The Morgan fingerprint density at radius 3 is 2.41 bits per heavy atom. The number of nitrogens with zero attached hydrogens (tertiary/aromatic N) is 2. The third-order valence-electron chi connectivity index (χ3n) is 5.89.